The number of hydrogen-bond acceptors (Lipinski definition) is 4. The molecule has 0 aliphatic rings. The number of thioether (sulfide) groups is 1. The Morgan fingerprint density at radius 1 is 1.50 bits per heavy atom. The number of nitrogens with one attached hydrogen (secondary N) is 2. The van der Waals surface area contributed by atoms with Crippen molar-refractivity contribution >= 4 is 34.6 Å². The van der Waals surface area contributed by atoms with Crippen LogP contribution in [0.3, 0.4) is 0 Å². The molecule has 1 aromatic heterocycles. The van der Waals surface area contributed by atoms with E-state index in [4.69, 9.17) is 11.1 Å². The Kier molecular flexibility index (Phi) is 9.59. The second-order valence-corrected chi connectivity index (χ2v) is 5.53. The second kappa shape index (κ2) is 10.3. The van der Waals surface area contributed by atoms with Crippen LogP contribution in [0.25, 0.3) is 0 Å². The van der Waals surface area contributed by atoms with Gasteiger partial charge in [0, 0.05) is 5.70 Å². The summed E-state index contributed by atoms with van der Waals surface area (Å²) in [5.41, 5.74) is 7.38. The highest BCUT2D eigenvalue weighted by Gasteiger charge is 2.10. The van der Waals surface area contributed by atoms with Crippen molar-refractivity contribution in [3.8, 4) is 0 Å². The number of thiophene rings is 1. The Morgan fingerprint density at radius 3 is 2.60 bits per heavy atom. The zero-order valence-corrected chi connectivity index (χ0v) is 14.1. The van der Waals surface area contributed by atoms with E-state index in [1.54, 1.807) is 17.8 Å². The number of amidine groups is 1. The standard InChI is InChI=1S/C13H17N3S2.C2H6/c1-4-6-7-9(5-2)16-10-8-11(12(14)15)18-13(10)17-3;1-2/h4-8,16H,2H2,1,3H3,(H3,14,15);1-2H3/b6-4-,9-7+;. The van der Waals surface area contributed by atoms with Crippen LogP contribution in [0.2, 0.25) is 0 Å². The van der Waals surface area contributed by atoms with E-state index in [9.17, 15) is 0 Å². The molecule has 1 heterocycles. The minimum absolute atomic E-state index is 0.0981. The monoisotopic (exact) mass is 309 g/mol. The summed E-state index contributed by atoms with van der Waals surface area (Å²) in [6.45, 7) is 9.73. The van der Waals surface area contributed by atoms with Gasteiger partial charge < -0.3 is 11.1 Å². The zero-order chi connectivity index (χ0) is 15.5. The highest BCUT2D eigenvalue weighted by Crippen LogP contribution is 2.35. The molecule has 110 valence electrons. The molecule has 1 aromatic rings. The van der Waals surface area contributed by atoms with E-state index in [2.05, 4.69) is 11.9 Å². The largest absolute Gasteiger partial charge is 0.383 e. The molecule has 0 aliphatic heterocycles. The molecule has 0 amide bonds. The molecule has 0 atom stereocenters. The lowest BCUT2D eigenvalue weighted by Crippen LogP contribution is -2.08. The van der Waals surface area contributed by atoms with E-state index in [0.29, 0.717) is 0 Å². The summed E-state index contributed by atoms with van der Waals surface area (Å²) in [6, 6.07) is 1.89. The van der Waals surface area contributed by atoms with Crippen molar-refractivity contribution in [3.63, 3.8) is 0 Å². The van der Waals surface area contributed by atoms with Gasteiger partial charge >= 0.3 is 0 Å². The highest BCUT2D eigenvalue weighted by molar-refractivity contribution is 8.00. The van der Waals surface area contributed by atoms with Crippen molar-refractivity contribution in [1.29, 1.82) is 5.41 Å². The van der Waals surface area contributed by atoms with Crippen LogP contribution >= 0.6 is 23.1 Å². The third-order valence-corrected chi connectivity index (χ3v) is 4.42. The minimum atomic E-state index is 0.0981. The average Bonchev–Trinajstić information content (AvgIpc) is 2.88. The van der Waals surface area contributed by atoms with Gasteiger partial charge in [-0.2, -0.15) is 0 Å². The fourth-order valence-corrected chi connectivity index (χ4v) is 2.90. The molecule has 20 heavy (non-hydrogen) atoms. The summed E-state index contributed by atoms with van der Waals surface area (Å²) in [5, 5.41) is 10.8. The molecular formula is C15H23N3S2. The van der Waals surface area contributed by atoms with Gasteiger partial charge in [-0.1, -0.05) is 32.6 Å². The molecule has 0 aromatic carbocycles. The average molecular weight is 310 g/mol. The van der Waals surface area contributed by atoms with E-state index in [-0.39, 0.29) is 5.84 Å². The van der Waals surface area contributed by atoms with Crippen molar-refractivity contribution in [2.75, 3.05) is 11.6 Å². The van der Waals surface area contributed by atoms with Crippen LogP contribution in [0, 0.1) is 5.41 Å². The van der Waals surface area contributed by atoms with Crippen molar-refractivity contribution in [1.82, 2.24) is 0 Å². The van der Waals surface area contributed by atoms with Crippen LogP contribution in [0.15, 0.2) is 46.9 Å². The Hall–Kier alpha value is -1.46. The smallest absolute Gasteiger partial charge is 0.133 e. The third-order valence-electron chi connectivity index (χ3n) is 2.12. The number of allylic oxidation sites excluding steroid dienone is 4. The van der Waals surface area contributed by atoms with Crippen LogP contribution < -0.4 is 11.1 Å². The van der Waals surface area contributed by atoms with Gasteiger partial charge in [-0.3, -0.25) is 5.41 Å². The molecule has 4 N–H and O–H groups in total. The van der Waals surface area contributed by atoms with Gasteiger partial charge in [0.2, 0.25) is 0 Å². The first-order valence-corrected chi connectivity index (χ1v) is 8.41. The Labute approximate surface area is 130 Å². The number of rotatable bonds is 6. The number of hydrogen-bond donors (Lipinski definition) is 3. The lowest BCUT2D eigenvalue weighted by molar-refractivity contribution is 1.44. The summed E-state index contributed by atoms with van der Waals surface area (Å²) in [4.78, 5) is 0.774. The fraction of sp³-hybridized carbons (Fsp3) is 0.267. The zero-order valence-electron chi connectivity index (χ0n) is 12.5. The molecule has 0 aliphatic carbocycles. The maximum atomic E-state index is 7.46. The molecule has 0 bridgehead atoms. The fourth-order valence-electron chi connectivity index (χ4n) is 1.26. The first kappa shape index (κ1) is 18.5. The van der Waals surface area contributed by atoms with Crippen molar-refractivity contribution in [2.24, 2.45) is 5.73 Å². The summed E-state index contributed by atoms with van der Waals surface area (Å²) >= 11 is 3.15. The van der Waals surface area contributed by atoms with Gasteiger partial charge in [0.1, 0.15) is 5.84 Å². The molecule has 0 saturated carbocycles. The number of nitrogens with two attached hydrogens (primary N) is 1. The summed E-state index contributed by atoms with van der Waals surface area (Å²) < 4.78 is 1.11. The lowest BCUT2D eigenvalue weighted by Gasteiger charge is -2.05. The Bertz CT molecular complexity index is 499. The summed E-state index contributed by atoms with van der Waals surface area (Å²) in [6.07, 6.45) is 9.61. The summed E-state index contributed by atoms with van der Waals surface area (Å²) in [7, 11) is 0. The quantitative estimate of drug-likeness (QED) is 0.305. The first-order chi connectivity index (χ1) is 9.62. The Balaban J connectivity index is 0.00000172. The first-order valence-electron chi connectivity index (χ1n) is 6.37. The maximum Gasteiger partial charge on any atom is 0.133 e. The predicted molar refractivity (Wildman–Crippen MR) is 95.2 cm³/mol. The SMILES string of the molecule is C=C/C(=C\C=C/C)Nc1cc(C(=N)N)sc1SC.CC. The van der Waals surface area contributed by atoms with E-state index in [1.807, 2.05) is 51.3 Å². The highest BCUT2D eigenvalue weighted by atomic mass is 32.2. The van der Waals surface area contributed by atoms with Crippen LogP contribution in [-0.2, 0) is 0 Å². The van der Waals surface area contributed by atoms with Crippen molar-refractivity contribution < 1.29 is 0 Å². The van der Waals surface area contributed by atoms with Gasteiger partial charge in [-0.05, 0) is 31.4 Å². The van der Waals surface area contributed by atoms with Crippen molar-refractivity contribution in [3.05, 3.63) is 47.5 Å². The topological polar surface area (TPSA) is 61.9 Å². The van der Waals surface area contributed by atoms with E-state index in [1.165, 1.54) is 11.3 Å². The molecule has 0 unspecified atom stereocenters. The van der Waals surface area contributed by atoms with Crippen LogP contribution in [0.1, 0.15) is 25.6 Å². The lowest BCUT2D eigenvalue weighted by atomic mass is 10.3. The van der Waals surface area contributed by atoms with E-state index < -0.39 is 0 Å². The summed E-state index contributed by atoms with van der Waals surface area (Å²) in [5.74, 6) is 0.0981. The number of nitrogen functional groups attached to an aromatic ring is 1. The third kappa shape index (κ3) is 5.67. The van der Waals surface area contributed by atoms with Gasteiger partial charge in [0.15, 0.2) is 0 Å². The van der Waals surface area contributed by atoms with Gasteiger partial charge in [-0.25, -0.2) is 0 Å². The molecular weight excluding hydrogens is 286 g/mol. The Morgan fingerprint density at radius 2 is 2.15 bits per heavy atom. The second-order valence-electron chi connectivity index (χ2n) is 3.41. The van der Waals surface area contributed by atoms with E-state index >= 15 is 0 Å². The minimum Gasteiger partial charge on any atom is -0.383 e. The molecule has 0 fully saturated rings. The molecule has 0 spiro atoms. The van der Waals surface area contributed by atoms with Gasteiger partial charge in [0.25, 0.3) is 0 Å². The van der Waals surface area contributed by atoms with Crippen LogP contribution in [-0.4, -0.2) is 12.1 Å². The van der Waals surface area contributed by atoms with Crippen LogP contribution in [0.5, 0.6) is 0 Å². The molecule has 3 nitrogen and oxygen atoms in total. The number of anilines is 1. The molecule has 0 saturated heterocycles. The predicted octanol–water partition coefficient (Wildman–Crippen LogP) is 4.84. The van der Waals surface area contributed by atoms with Gasteiger partial charge in [0.05, 0.1) is 14.8 Å². The molecule has 1 rings (SSSR count). The van der Waals surface area contributed by atoms with Gasteiger partial charge in [-0.15, -0.1) is 23.1 Å². The van der Waals surface area contributed by atoms with E-state index in [0.717, 1.165) is 20.5 Å². The normalized spacial score (nSPS) is 10.9. The molecule has 5 heteroatoms. The maximum absolute atomic E-state index is 7.46. The van der Waals surface area contributed by atoms with Crippen molar-refractivity contribution in [2.45, 2.75) is 25.0 Å². The molecule has 0 radical (unpaired) electrons. The van der Waals surface area contributed by atoms with Crippen LogP contribution in [0.4, 0.5) is 5.69 Å².